The maximum absolute atomic E-state index is 13.1. The summed E-state index contributed by atoms with van der Waals surface area (Å²) < 4.78 is 20.4. The Morgan fingerprint density at radius 1 is 0.968 bits per heavy atom. The Morgan fingerprint density at radius 3 is 2.39 bits per heavy atom. The number of benzene rings is 3. The highest BCUT2D eigenvalue weighted by Crippen LogP contribution is 2.19. The number of hydrogen-bond donors (Lipinski definition) is 1. The standard InChI is InChI=1S/C25H22FN3O2/c1-29-24(15-23(28-29)20-9-11-21(26)12-10-20)25(30)27-16-18-7-13-22(14-8-18)31-17-19-5-3-2-4-6-19/h2-15H,16-17H2,1H3,(H,27,30). The zero-order chi connectivity index (χ0) is 21.6. The molecule has 4 aromatic rings. The minimum Gasteiger partial charge on any atom is -0.489 e. The molecule has 0 aliphatic rings. The third-order valence-corrected chi connectivity index (χ3v) is 4.88. The van der Waals surface area contributed by atoms with Crippen LogP contribution in [0.3, 0.4) is 0 Å². The van der Waals surface area contributed by atoms with E-state index in [1.165, 1.54) is 16.8 Å². The summed E-state index contributed by atoms with van der Waals surface area (Å²) in [6, 6.07) is 25.3. The van der Waals surface area contributed by atoms with Crippen LogP contribution in [-0.2, 0) is 20.2 Å². The third kappa shape index (κ3) is 5.17. The second-order valence-electron chi connectivity index (χ2n) is 7.15. The van der Waals surface area contributed by atoms with Crippen molar-refractivity contribution in [2.45, 2.75) is 13.2 Å². The molecule has 156 valence electrons. The van der Waals surface area contributed by atoms with Gasteiger partial charge in [0, 0.05) is 19.2 Å². The summed E-state index contributed by atoms with van der Waals surface area (Å²) in [4.78, 5) is 12.6. The summed E-state index contributed by atoms with van der Waals surface area (Å²) in [7, 11) is 1.71. The summed E-state index contributed by atoms with van der Waals surface area (Å²) in [5.41, 5.74) is 3.87. The first kappa shape index (κ1) is 20.3. The SMILES string of the molecule is Cn1nc(-c2ccc(F)cc2)cc1C(=O)NCc1ccc(OCc2ccccc2)cc1. The van der Waals surface area contributed by atoms with Crippen molar-refractivity contribution >= 4 is 5.91 Å². The van der Waals surface area contributed by atoms with E-state index in [4.69, 9.17) is 4.74 Å². The van der Waals surface area contributed by atoms with Crippen LogP contribution in [0.2, 0.25) is 0 Å². The van der Waals surface area contributed by atoms with Crippen molar-refractivity contribution in [3.63, 3.8) is 0 Å². The van der Waals surface area contributed by atoms with Crippen LogP contribution >= 0.6 is 0 Å². The van der Waals surface area contributed by atoms with Gasteiger partial charge in [0.2, 0.25) is 0 Å². The van der Waals surface area contributed by atoms with Crippen LogP contribution in [0.15, 0.2) is 84.9 Å². The Kier molecular flexibility index (Phi) is 6.08. The van der Waals surface area contributed by atoms with E-state index in [9.17, 15) is 9.18 Å². The fraction of sp³-hybridized carbons (Fsp3) is 0.120. The molecule has 4 rings (SSSR count). The molecular formula is C25H22FN3O2. The average Bonchev–Trinajstić information content (AvgIpc) is 3.19. The number of aromatic nitrogens is 2. The molecule has 0 aliphatic heterocycles. The molecule has 1 amide bonds. The minimum absolute atomic E-state index is 0.229. The van der Waals surface area contributed by atoms with E-state index in [0.29, 0.717) is 24.5 Å². The van der Waals surface area contributed by atoms with E-state index in [0.717, 1.165) is 22.4 Å². The summed E-state index contributed by atoms with van der Waals surface area (Å²) >= 11 is 0. The van der Waals surface area contributed by atoms with Crippen molar-refractivity contribution in [1.82, 2.24) is 15.1 Å². The second-order valence-corrected chi connectivity index (χ2v) is 7.15. The van der Waals surface area contributed by atoms with Crippen molar-refractivity contribution < 1.29 is 13.9 Å². The molecule has 0 aliphatic carbocycles. The summed E-state index contributed by atoms with van der Waals surface area (Å²) in [5, 5.41) is 7.27. The zero-order valence-corrected chi connectivity index (χ0v) is 17.1. The van der Waals surface area contributed by atoms with Gasteiger partial charge in [-0.05, 0) is 53.6 Å². The van der Waals surface area contributed by atoms with Crippen LogP contribution in [0.5, 0.6) is 5.75 Å². The molecule has 0 unspecified atom stereocenters. The molecule has 0 atom stereocenters. The highest BCUT2D eigenvalue weighted by Gasteiger charge is 2.14. The molecule has 0 spiro atoms. The van der Waals surface area contributed by atoms with Crippen LogP contribution in [0, 0.1) is 5.82 Å². The average molecular weight is 415 g/mol. The van der Waals surface area contributed by atoms with Crippen molar-refractivity contribution in [3.05, 3.63) is 108 Å². The van der Waals surface area contributed by atoms with Crippen LogP contribution in [0.25, 0.3) is 11.3 Å². The fourth-order valence-corrected chi connectivity index (χ4v) is 3.16. The van der Waals surface area contributed by atoms with E-state index in [-0.39, 0.29) is 11.7 Å². The lowest BCUT2D eigenvalue weighted by molar-refractivity contribution is 0.0941. The normalized spacial score (nSPS) is 10.6. The number of ether oxygens (including phenoxy) is 1. The predicted octanol–water partition coefficient (Wildman–Crippen LogP) is 4.74. The Hall–Kier alpha value is -3.93. The number of carbonyl (C=O) groups excluding carboxylic acids is 1. The monoisotopic (exact) mass is 415 g/mol. The lowest BCUT2D eigenvalue weighted by Crippen LogP contribution is -2.25. The fourth-order valence-electron chi connectivity index (χ4n) is 3.16. The topological polar surface area (TPSA) is 56.2 Å². The summed E-state index contributed by atoms with van der Waals surface area (Å²) in [6.07, 6.45) is 0. The molecule has 5 nitrogen and oxygen atoms in total. The molecule has 31 heavy (non-hydrogen) atoms. The number of amides is 1. The van der Waals surface area contributed by atoms with E-state index >= 15 is 0 Å². The Morgan fingerprint density at radius 2 is 1.68 bits per heavy atom. The maximum atomic E-state index is 13.1. The van der Waals surface area contributed by atoms with Gasteiger partial charge in [-0.3, -0.25) is 9.48 Å². The number of halogens is 1. The lowest BCUT2D eigenvalue weighted by atomic mass is 10.1. The lowest BCUT2D eigenvalue weighted by Gasteiger charge is -2.08. The zero-order valence-electron chi connectivity index (χ0n) is 17.1. The molecule has 1 heterocycles. The number of aryl methyl sites for hydroxylation is 1. The van der Waals surface area contributed by atoms with Gasteiger partial charge in [-0.1, -0.05) is 42.5 Å². The predicted molar refractivity (Wildman–Crippen MR) is 117 cm³/mol. The highest BCUT2D eigenvalue weighted by molar-refractivity contribution is 5.93. The first-order valence-electron chi connectivity index (χ1n) is 9.92. The molecule has 0 bridgehead atoms. The molecule has 0 radical (unpaired) electrons. The number of nitrogens with zero attached hydrogens (tertiary/aromatic N) is 2. The van der Waals surface area contributed by atoms with Gasteiger partial charge in [0.15, 0.2) is 0 Å². The number of rotatable bonds is 7. The van der Waals surface area contributed by atoms with Gasteiger partial charge < -0.3 is 10.1 Å². The van der Waals surface area contributed by atoms with Crippen molar-refractivity contribution in [1.29, 1.82) is 0 Å². The van der Waals surface area contributed by atoms with Crippen molar-refractivity contribution in [3.8, 4) is 17.0 Å². The van der Waals surface area contributed by atoms with Crippen LogP contribution in [-0.4, -0.2) is 15.7 Å². The molecule has 0 saturated heterocycles. The molecule has 0 fully saturated rings. The first-order valence-corrected chi connectivity index (χ1v) is 9.92. The quantitative estimate of drug-likeness (QED) is 0.475. The van der Waals surface area contributed by atoms with Crippen molar-refractivity contribution in [2.75, 3.05) is 0 Å². The van der Waals surface area contributed by atoms with Gasteiger partial charge in [0.25, 0.3) is 5.91 Å². The first-order chi connectivity index (χ1) is 15.1. The molecule has 0 saturated carbocycles. The second kappa shape index (κ2) is 9.26. The molecule has 6 heteroatoms. The Labute approximate surface area is 180 Å². The van der Waals surface area contributed by atoms with E-state index in [1.54, 1.807) is 25.2 Å². The molecule has 1 aromatic heterocycles. The van der Waals surface area contributed by atoms with E-state index in [2.05, 4.69) is 10.4 Å². The number of hydrogen-bond acceptors (Lipinski definition) is 3. The van der Waals surface area contributed by atoms with E-state index < -0.39 is 0 Å². The molecule has 3 aromatic carbocycles. The third-order valence-electron chi connectivity index (χ3n) is 4.88. The number of nitrogens with one attached hydrogen (secondary N) is 1. The highest BCUT2D eigenvalue weighted by atomic mass is 19.1. The summed E-state index contributed by atoms with van der Waals surface area (Å²) in [5.74, 6) is 0.233. The minimum atomic E-state index is -0.311. The van der Waals surface area contributed by atoms with Crippen molar-refractivity contribution in [2.24, 2.45) is 7.05 Å². The van der Waals surface area contributed by atoms with Crippen LogP contribution < -0.4 is 10.1 Å². The Balaban J connectivity index is 1.34. The largest absolute Gasteiger partial charge is 0.489 e. The van der Waals surface area contributed by atoms with Gasteiger partial charge >= 0.3 is 0 Å². The van der Waals surface area contributed by atoms with Gasteiger partial charge in [0.1, 0.15) is 23.9 Å². The number of carbonyl (C=O) groups is 1. The summed E-state index contributed by atoms with van der Waals surface area (Å²) in [6.45, 7) is 0.892. The van der Waals surface area contributed by atoms with Crippen LogP contribution in [0.4, 0.5) is 4.39 Å². The van der Waals surface area contributed by atoms with Gasteiger partial charge in [0.05, 0.1) is 5.69 Å². The van der Waals surface area contributed by atoms with Gasteiger partial charge in [-0.2, -0.15) is 5.10 Å². The van der Waals surface area contributed by atoms with Gasteiger partial charge in [-0.25, -0.2) is 4.39 Å². The smallest absolute Gasteiger partial charge is 0.269 e. The maximum Gasteiger partial charge on any atom is 0.269 e. The Bertz CT molecular complexity index is 1150. The molecule has 1 N–H and O–H groups in total. The van der Waals surface area contributed by atoms with E-state index in [1.807, 2.05) is 54.6 Å². The molecular weight excluding hydrogens is 393 g/mol. The van der Waals surface area contributed by atoms with Crippen LogP contribution in [0.1, 0.15) is 21.6 Å². The van der Waals surface area contributed by atoms with Gasteiger partial charge in [-0.15, -0.1) is 0 Å².